The lowest BCUT2D eigenvalue weighted by Crippen LogP contribution is -2.04. The molecule has 2 aromatic heterocycles. The molecule has 0 aliphatic carbocycles. The lowest BCUT2D eigenvalue weighted by atomic mass is 10.2. The standard InChI is InChI=1S/C12H9Br2N5S/c13-9-5-8(20-12(9)14)6-15-10-3-1-2-4-11(10)19-7-16-17-18-19/h1-5,7,15H,6H2. The van der Waals surface area contributed by atoms with E-state index < -0.39 is 0 Å². The molecule has 3 rings (SSSR count). The van der Waals surface area contributed by atoms with Gasteiger partial charge in [-0.2, -0.15) is 4.68 Å². The van der Waals surface area contributed by atoms with Crippen LogP contribution in [0.5, 0.6) is 0 Å². The lowest BCUT2D eigenvalue weighted by molar-refractivity contribution is 0.789. The first kappa shape index (κ1) is 13.7. The number of para-hydroxylation sites is 2. The van der Waals surface area contributed by atoms with E-state index in [1.165, 1.54) is 4.88 Å². The van der Waals surface area contributed by atoms with Gasteiger partial charge in [0.25, 0.3) is 0 Å². The molecule has 1 aromatic carbocycles. The zero-order valence-corrected chi connectivity index (χ0v) is 14.1. The molecule has 20 heavy (non-hydrogen) atoms. The first-order valence-electron chi connectivity index (χ1n) is 5.74. The molecule has 0 saturated carbocycles. The zero-order valence-electron chi connectivity index (χ0n) is 10.1. The van der Waals surface area contributed by atoms with Crippen molar-refractivity contribution in [1.82, 2.24) is 20.2 Å². The van der Waals surface area contributed by atoms with Crippen molar-refractivity contribution in [3.63, 3.8) is 0 Å². The Bertz CT molecular complexity index is 691. The van der Waals surface area contributed by atoms with Crippen LogP contribution >= 0.6 is 43.2 Å². The third kappa shape index (κ3) is 2.92. The summed E-state index contributed by atoms with van der Waals surface area (Å²) in [4.78, 5) is 1.23. The van der Waals surface area contributed by atoms with E-state index in [0.717, 1.165) is 26.2 Å². The monoisotopic (exact) mass is 413 g/mol. The molecule has 3 aromatic rings. The maximum Gasteiger partial charge on any atom is 0.143 e. The Morgan fingerprint density at radius 1 is 1.25 bits per heavy atom. The number of rotatable bonds is 4. The van der Waals surface area contributed by atoms with Gasteiger partial charge in [0.05, 0.1) is 15.2 Å². The van der Waals surface area contributed by atoms with Crippen LogP contribution in [0.15, 0.2) is 44.9 Å². The summed E-state index contributed by atoms with van der Waals surface area (Å²) in [5.74, 6) is 0. The SMILES string of the molecule is Brc1cc(CNc2ccccc2-n2cnnn2)sc1Br. The van der Waals surface area contributed by atoms with Gasteiger partial charge in [0.1, 0.15) is 6.33 Å². The molecule has 0 amide bonds. The highest BCUT2D eigenvalue weighted by molar-refractivity contribution is 9.13. The van der Waals surface area contributed by atoms with Crippen molar-refractivity contribution < 1.29 is 0 Å². The van der Waals surface area contributed by atoms with Crippen molar-refractivity contribution in [2.24, 2.45) is 0 Å². The molecular formula is C12H9Br2N5S. The molecule has 102 valence electrons. The number of halogens is 2. The van der Waals surface area contributed by atoms with Crippen molar-refractivity contribution >= 4 is 48.9 Å². The number of aromatic nitrogens is 4. The van der Waals surface area contributed by atoms with Gasteiger partial charge < -0.3 is 5.32 Å². The topological polar surface area (TPSA) is 55.6 Å². The normalized spacial score (nSPS) is 10.7. The van der Waals surface area contributed by atoms with E-state index in [4.69, 9.17) is 0 Å². The summed E-state index contributed by atoms with van der Waals surface area (Å²) in [6.45, 7) is 0.744. The molecule has 0 aliphatic rings. The molecule has 5 nitrogen and oxygen atoms in total. The van der Waals surface area contributed by atoms with E-state index in [2.05, 4.69) is 58.8 Å². The lowest BCUT2D eigenvalue weighted by Gasteiger charge is -2.10. The molecule has 0 atom stereocenters. The van der Waals surface area contributed by atoms with E-state index in [0.29, 0.717) is 0 Å². The molecule has 0 fully saturated rings. The minimum Gasteiger partial charge on any atom is -0.378 e. The largest absolute Gasteiger partial charge is 0.378 e. The van der Waals surface area contributed by atoms with Crippen LogP contribution in [-0.4, -0.2) is 20.2 Å². The zero-order chi connectivity index (χ0) is 13.9. The Morgan fingerprint density at radius 3 is 2.80 bits per heavy atom. The van der Waals surface area contributed by atoms with Gasteiger partial charge in [-0.3, -0.25) is 0 Å². The third-order valence-corrected chi connectivity index (χ3v) is 5.91. The fraction of sp³-hybridized carbons (Fsp3) is 0.0833. The van der Waals surface area contributed by atoms with Crippen LogP contribution in [0.4, 0.5) is 5.69 Å². The molecule has 1 N–H and O–H groups in total. The fourth-order valence-electron chi connectivity index (χ4n) is 1.76. The van der Waals surface area contributed by atoms with Crippen molar-refractivity contribution in [2.75, 3.05) is 5.32 Å². The van der Waals surface area contributed by atoms with Crippen molar-refractivity contribution in [3.8, 4) is 5.69 Å². The van der Waals surface area contributed by atoms with E-state index in [1.807, 2.05) is 24.3 Å². The van der Waals surface area contributed by atoms with Crippen LogP contribution < -0.4 is 5.32 Å². The van der Waals surface area contributed by atoms with Gasteiger partial charge in [0.2, 0.25) is 0 Å². The summed E-state index contributed by atoms with van der Waals surface area (Å²) in [5, 5.41) is 14.7. The van der Waals surface area contributed by atoms with E-state index in [-0.39, 0.29) is 0 Å². The van der Waals surface area contributed by atoms with Gasteiger partial charge in [0.15, 0.2) is 0 Å². The second kappa shape index (κ2) is 6.02. The Balaban J connectivity index is 1.81. The summed E-state index contributed by atoms with van der Waals surface area (Å²) in [7, 11) is 0. The summed E-state index contributed by atoms with van der Waals surface area (Å²) in [6.07, 6.45) is 1.58. The molecule has 0 bridgehead atoms. The Kier molecular flexibility index (Phi) is 4.13. The van der Waals surface area contributed by atoms with Gasteiger partial charge in [-0.1, -0.05) is 12.1 Å². The molecule has 2 heterocycles. The molecular weight excluding hydrogens is 406 g/mol. The third-order valence-electron chi connectivity index (χ3n) is 2.65. The van der Waals surface area contributed by atoms with Crippen LogP contribution in [0.2, 0.25) is 0 Å². The minimum absolute atomic E-state index is 0.744. The summed E-state index contributed by atoms with van der Waals surface area (Å²) in [6, 6.07) is 10.0. The summed E-state index contributed by atoms with van der Waals surface area (Å²) < 4.78 is 3.82. The number of hydrogen-bond donors (Lipinski definition) is 1. The maximum absolute atomic E-state index is 3.92. The van der Waals surface area contributed by atoms with Crippen LogP contribution in [0.3, 0.4) is 0 Å². The highest BCUT2D eigenvalue weighted by atomic mass is 79.9. The molecule has 0 radical (unpaired) electrons. The van der Waals surface area contributed by atoms with Gasteiger partial charge >= 0.3 is 0 Å². The van der Waals surface area contributed by atoms with E-state index in [9.17, 15) is 0 Å². The number of nitrogens with one attached hydrogen (secondary N) is 1. The average molecular weight is 415 g/mol. The van der Waals surface area contributed by atoms with Crippen LogP contribution in [-0.2, 0) is 6.54 Å². The van der Waals surface area contributed by atoms with Crippen molar-refractivity contribution in [2.45, 2.75) is 6.54 Å². The number of nitrogens with zero attached hydrogens (tertiary/aromatic N) is 4. The molecule has 8 heteroatoms. The van der Waals surface area contributed by atoms with Crippen LogP contribution in [0.1, 0.15) is 4.88 Å². The highest BCUT2D eigenvalue weighted by Gasteiger charge is 2.07. The van der Waals surface area contributed by atoms with E-state index in [1.54, 1.807) is 22.3 Å². The predicted molar refractivity (Wildman–Crippen MR) is 86.2 cm³/mol. The first-order chi connectivity index (χ1) is 9.74. The number of hydrogen-bond acceptors (Lipinski definition) is 5. The fourth-order valence-corrected chi connectivity index (χ4v) is 3.87. The van der Waals surface area contributed by atoms with Crippen molar-refractivity contribution in [1.29, 1.82) is 0 Å². The van der Waals surface area contributed by atoms with E-state index >= 15 is 0 Å². The average Bonchev–Trinajstić information content (AvgIpc) is 3.08. The minimum atomic E-state index is 0.744. The Hall–Kier alpha value is -1.25. The predicted octanol–water partition coefficient (Wildman–Crippen LogP) is 3.86. The second-order valence-electron chi connectivity index (χ2n) is 3.96. The number of benzene rings is 1. The Morgan fingerprint density at radius 2 is 2.10 bits per heavy atom. The Labute approximate surface area is 136 Å². The van der Waals surface area contributed by atoms with Crippen LogP contribution in [0, 0.1) is 0 Å². The second-order valence-corrected chi connectivity index (χ2v) is 7.27. The quantitative estimate of drug-likeness (QED) is 0.704. The first-order valence-corrected chi connectivity index (χ1v) is 8.14. The van der Waals surface area contributed by atoms with Gasteiger partial charge in [-0.25, -0.2) is 0 Å². The molecule has 0 unspecified atom stereocenters. The summed E-state index contributed by atoms with van der Waals surface area (Å²) >= 11 is 8.69. The van der Waals surface area contributed by atoms with Gasteiger partial charge in [0, 0.05) is 15.9 Å². The highest BCUT2D eigenvalue weighted by Crippen LogP contribution is 2.33. The van der Waals surface area contributed by atoms with Gasteiger partial charge in [-0.05, 0) is 60.5 Å². The number of thiophene rings is 1. The molecule has 0 saturated heterocycles. The summed E-state index contributed by atoms with van der Waals surface area (Å²) in [5.41, 5.74) is 1.91. The van der Waals surface area contributed by atoms with Crippen molar-refractivity contribution in [3.05, 3.63) is 49.8 Å². The number of tetrazole rings is 1. The smallest absolute Gasteiger partial charge is 0.143 e. The number of anilines is 1. The maximum atomic E-state index is 3.92. The molecule has 0 spiro atoms. The van der Waals surface area contributed by atoms with Gasteiger partial charge in [-0.15, -0.1) is 16.4 Å². The van der Waals surface area contributed by atoms with Crippen LogP contribution in [0.25, 0.3) is 5.69 Å². The molecule has 0 aliphatic heterocycles.